The molecule has 0 aromatic heterocycles. The number of halogens is 1. The lowest BCUT2D eigenvalue weighted by Gasteiger charge is -2.61. The Hall–Kier alpha value is -0.400. The lowest BCUT2D eigenvalue weighted by Crippen LogP contribution is -2.69. The molecule has 0 amide bonds. The van der Waals surface area contributed by atoms with Gasteiger partial charge >= 0.3 is 0 Å². The van der Waals surface area contributed by atoms with E-state index in [0.717, 1.165) is 51.4 Å². The highest BCUT2D eigenvalue weighted by Crippen LogP contribution is 2.65. The van der Waals surface area contributed by atoms with Crippen molar-refractivity contribution in [3.8, 4) is 0 Å². The molecule has 0 aliphatic heterocycles. The zero-order chi connectivity index (χ0) is 13.0. The lowest BCUT2D eigenvalue weighted by atomic mass is 9.42. The number of hydrogen-bond donors (Lipinski definition) is 0. The van der Waals surface area contributed by atoms with E-state index in [0.29, 0.717) is 17.6 Å². The van der Waals surface area contributed by atoms with Gasteiger partial charge in [-0.1, -0.05) is 13.8 Å². The smallest absolute Gasteiger partial charge is 0.151 e. The minimum atomic E-state index is -0.836. The fraction of sp³-hybridized carbons (Fsp3) is 0.938. The highest BCUT2D eigenvalue weighted by atomic mass is 19.1. The molecule has 102 valence electrons. The Morgan fingerprint density at radius 1 is 0.889 bits per heavy atom. The van der Waals surface area contributed by atoms with Gasteiger partial charge in [0.05, 0.1) is 10.8 Å². The zero-order valence-electron chi connectivity index (χ0n) is 11.7. The van der Waals surface area contributed by atoms with E-state index in [2.05, 4.69) is 13.8 Å². The number of carbonyl (C=O) groups is 1. The van der Waals surface area contributed by atoms with Crippen LogP contribution < -0.4 is 0 Å². The third-order valence-electron chi connectivity index (χ3n) is 6.21. The second-order valence-electron chi connectivity index (χ2n) is 7.37. The molecule has 3 aliphatic rings. The van der Waals surface area contributed by atoms with Crippen LogP contribution in [0.3, 0.4) is 0 Å². The number of carbonyl (C=O) groups excluding carboxylic acids is 1. The third-order valence-corrected chi connectivity index (χ3v) is 6.21. The molecule has 0 radical (unpaired) electrons. The lowest BCUT2D eigenvalue weighted by molar-refractivity contribution is -0.192. The normalized spacial score (nSPS) is 52.6. The summed E-state index contributed by atoms with van der Waals surface area (Å²) in [6.45, 7) is 4.45. The molecular formula is C16H25FO. The average molecular weight is 252 g/mol. The summed E-state index contributed by atoms with van der Waals surface area (Å²) in [6, 6.07) is 0. The minimum Gasteiger partial charge on any atom is -0.298 e. The van der Waals surface area contributed by atoms with Crippen molar-refractivity contribution in [1.29, 1.82) is 0 Å². The van der Waals surface area contributed by atoms with E-state index < -0.39 is 17.0 Å². The van der Waals surface area contributed by atoms with Crippen LogP contribution in [0, 0.1) is 22.7 Å². The summed E-state index contributed by atoms with van der Waals surface area (Å²) in [7, 11) is 0. The number of ketones is 1. The van der Waals surface area contributed by atoms with Crippen LogP contribution in [0.5, 0.6) is 0 Å². The molecular weight excluding hydrogens is 227 g/mol. The third kappa shape index (κ3) is 1.47. The number of alkyl halides is 1. The molecule has 0 bridgehead atoms. The molecule has 2 spiro atoms. The summed E-state index contributed by atoms with van der Waals surface area (Å²) in [5, 5.41) is 0. The van der Waals surface area contributed by atoms with Crippen molar-refractivity contribution >= 4 is 5.78 Å². The number of Topliss-reactive ketones (excluding diaryl/α,β-unsaturated/α-hetero) is 1. The van der Waals surface area contributed by atoms with Crippen LogP contribution in [-0.4, -0.2) is 12.0 Å². The van der Waals surface area contributed by atoms with Crippen molar-refractivity contribution in [3.05, 3.63) is 0 Å². The topological polar surface area (TPSA) is 17.1 Å². The molecule has 3 saturated carbocycles. The Labute approximate surface area is 110 Å². The predicted octanol–water partition coefficient (Wildman–Crippen LogP) is 4.30. The summed E-state index contributed by atoms with van der Waals surface area (Å²) >= 11 is 0. The van der Waals surface area contributed by atoms with E-state index >= 15 is 0 Å². The van der Waals surface area contributed by atoms with Crippen molar-refractivity contribution in [2.45, 2.75) is 71.4 Å². The van der Waals surface area contributed by atoms with Gasteiger partial charge in [-0.15, -0.1) is 0 Å². The Kier molecular flexibility index (Phi) is 2.84. The molecule has 0 aromatic rings. The summed E-state index contributed by atoms with van der Waals surface area (Å²) < 4.78 is 14.9. The molecule has 0 atom stereocenters. The van der Waals surface area contributed by atoms with Gasteiger partial charge < -0.3 is 0 Å². The van der Waals surface area contributed by atoms with Crippen molar-refractivity contribution in [1.82, 2.24) is 0 Å². The number of hydrogen-bond acceptors (Lipinski definition) is 1. The molecule has 3 aliphatic carbocycles. The Morgan fingerprint density at radius 2 is 1.22 bits per heavy atom. The number of rotatable bonds is 0. The first kappa shape index (κ1) is 12.6. The van der Waals surface area contributed by atoms with Gasteiger partial charge in [-0.2, -0.15) is 0 Å². The highest BCUT2D eigenvalue weighted by molar-refractivity contribution is 5.98. The monoisotopic (exact) mass is 252 g/mol. The van der Waals surface area contributed by atoms with Gasteiger partial charge in [0.25, 0.3) is 0 Å². The molecule has 1 nitrogen and oxygen atoms in total. The summed E-state index contributed by atoms with van der Waals surface area (Å²) in [6.07, 6.45) is 6.57. The Bertz CT molecular complexity index is 314. The van der Waals surface area contributed by atoms with Gasteiger partial charge in [-0.05, 0) is 63.2 Å². The van der Waals surface area contributed by atoms with E-state index in [4.69, 9.17) is 0 Å². The van der Waals surface area contributed by atoms with Crippen LogP contribution >= 0.6 is 0 Å². The SMILES string of the molecule is CC1CCC2(CC1)C(=O)C1(CCC(C)CC1)C2F. The van der Waals surface area contributed by atoms with E-state index in [1.54, 1.807) is 0 Å². The standard InChI is InChI=1S/C16H25FO/c1-11-3-7-15(8-4-11)13(17)16(14(15)18)9-5-12(2)6-10-16/h11-13H,3-10H2,1-2H3. The zero-order valence-corrected chi connectivity index (χ0v) is 11.7. The molecule has 3 rings (SSSR count). The minimum absolute atomic E-state index is 0.307. The second-order valence-corrected chi connectivity index (χ2v) is 7.37. The van der Waals surface area contributed by atoms with E-state index in [1.807, 2.05) is 0 Å². The average Bonchev–Trinajstić information content (AvgIpc) is 2.40. The fourth-order valence-corrected chi connectivity index (χ4v) is 4.69. The van der Waals surface area contributed by atoms with E-state index in [-0.39, 0.29) is 0 Å². The second kappa shape index (κ2) is 4.05. The van der Waals surface area contributed by atoms with Crippen LogP contribution in [0.25, 0.3) is 0 Å². The molecule has 0 saturated heterocycles. The molecule has 0 heterocycles. The van der Waals surface area contributed by atoms with Crippen molar-refractivity contribution in [3.63, 3.8) is 0 Å². The van der Waals surface area contributed by atoms with Crippen LogP contribution in [0.2, 0.25) is 0 Å². The van der Waals surface area contributed by atoms with Crippen LogP contribution in [0.15, 0.2) is 0 Å². The van der Waals surface area contributed by atoms with Gasteiger partial charge in [-0.3, -0.25) is 4.79 Å². The van der Waals surface area contributed by atoms with Crippen molar-refractivity contribution < 1.29 is 9.18 Å². The van der Waals surface area contributed by atoms with Gasteiger partial charge in [0.1, 0.15) is 6.17 Å². The summed E-state index contributed by atoms with van der Waals surface area (Å²) in [5.74, 6) is 1.67. The van der Waals surface area contributed by atoms with Gasteiger partial charge in [0.15, 0.2) is 5.78 Å². The van der Waals surface area contributed by atoms with Crippen molar-refractivity contribution in [2.24, 2.45) is 22.7 Å². The molecule has 3 fully saturated rings. The molecule has 18 heavy (non-hydrogen) atoms. The Morgan fingerprint density at radius 3 is 1.50 bits per heavy atom. The molecule has 2 heteroatoms. The molecule has 0 unspecified atom stereocenters. The summed E-state index contributed by atoms with van der Waals surface area (Å²) in [4.78, 5) is 12.7. The quantitative estimate of drug-likeness (QED) is 0.628. The first-order chi connectivity index (χ1) is 8.51. The largest absolute Gasteiger partial charge is 0.298 e. The Balaban J connectivity index is 1.77. The molecule has 0 N–H and O–H groups in total. The van der Waals surface area contributed by atoms with Crippen LogP contribution in [0.4, 0.5) is 4.39 Å². The summed E-state index contributed by atoms with van der Waals surface area (Å²) in [5.41, 5.74) is -1.10. The maximum Gasteiger partial charge on any atom is 0.151 e. The first-order valence-corrected chi connectivity index (χ1v) is 7.70. The van der Waals surface area contributed by atoms with E-state index in [1.165, 1.54) is 0 Å². The first-order valence-electron chi connectivity index (χ1n) is 7.70. The van der Waals surface area contributed by atoms with E-state index in [9.17, 15) is 9.18 Å². The van der Waals surface area contributed by atoms with Crippen molar-refractivity contribution in [2.75, 3.05) is 0 Å². The fourth-order valence-electron chi connectivity index (χ4n) is 4.69. The van der Waals surface area contributed by atoms with Gasteiger partial charge in [0.2, 0.25) is 0 Å². The molecule has 0 aromatic carbocycles. The van der Waals surface area contributed by atoms with Crippen LogP contribution in [-0.2, 0) is 4.79 Å². The highest BCUT2D eigenvalue weighted by Gasteiger charge is 2.71. The maximum atomic E-state index is 14.9. The predicted molar refractivity (Wildman–Crippen MR) is 70.0 cm³/mol. The van der Waals surface area contributed by atoms with Gasteiger partial charge in [-0.25, -0.2) is 4.39 Å². The maximum absolute atomic E-state index is 14.9. The van der Waals surface area contributed by atoms with Crippen LogP contribution in [0.1, 0.15) is 65.2 Å². The van der Waals surface area contributed by atoms with Gasteiger partial charge in [0, 0.05) is 0 Å².